The normalized spacial score (nSPS) is 32.6. The van der Waals surface area contributed by atoms with Crippen molar-refractivity contribution in [3.8, 4) is 0 Å². The lowest BCUT2D eigenvalue weighted by atomic mass is 9.82. The quantitative estimate of drug-likeness (QED) is 0.750. The van der Waals surface area contributed by atoms with Crippen molar-refractivity contribution >= 4 is 0 Å². The van der Waals surface area contributed by atoms with Crippen LogP contribution >= 0.6 is 0 Å². The maximum Gasteiger partial charge on any atom is 0.0615 e. The summed E-state index contributed by atoms with van der Waals surface area (Å²) in [6.45, 7) is 3.11. The van der Waals surface area contributed by atoms with Gasteiger partial charge in [-0.1, -0.05) is 19.8 Å². The molecule has 0 aromatic carbocycles. The van der Waals surface area contributed by atoms with Gasteiger partial charge in [-0.2, -0.15) is 0 Å². The van der Waals surface area contributed by atoms with Gasteiger partial charge in [0.2, 0.25) is 0 Å². The monoisotopic (exact) mass is 225 g/mol. The lowest BCUT2D eigenvalue weighted by Gasteiger charge is -2.32. The molecule has 0 aromatic heterocycles. The highest BCUT2D eigenvalue weighted by atomic mass is 16.5. The van der Waals surface area contributed by atoms with Crippen molar-refractivity contribution in [1.29, 1.82) is 0 Å². The van der Waals surface area contributed by atoms with Gasteiger partial charge < -0.3 is 10.1 Å². The van der Waals surface area contributed by atoms with Crippen LogP contribution < -0.4 is 5.32 Å². The van der Waals surface area contributed by atoms with Crippen molar-refractivity contribution in [1.82, 2.24) is 5.32 Å². The molecule has 0 aromatic rings. The van der Waals surface area contributed by atoms with Crippen LogP contribution in [0.2, 0.25) is 0 Å². The molecule has 2 aliphatic carbocycles. The number of hydrogen-bond donors (Lipinski definition) is 1. The van der Waals surface area contributed by atoms with Crippen molar-refractivity contribution in [3.63, 3.8) is 0 Å². The molecule has 94 valence electrons. The van der Waals surface area contributed by atoms with Crippen molar-refractivity contribution < 1.29 is 4.74 Å². The van der Waals surface area contributed by atoms with Gasteiger partial charge in [-0.3, -0.25) is 0 Å². The van der Waals surface area contributed by atoms with Crippen molar-refractivity contribution in [2.24, 2.45) is 11.8 Å². The average Bonchev–Trinajstić information content (AvgIpc) is 3.13. The molecule has 2 heteroatoms. The molecule has 3 unspecified atom stereocenters. The second kappa shape index (κ2) is 6.02. The minimum atomic E-state index is 0.563. The standard InChI is InChI=1S/C14H27NO/c1-3-13(10-16-2)15-14-6-4-5-12(9-14)11-7-8-11/h11-15H,3-10H2,1-2H3. The Hall–Kier alpha value is -0.0800. The van der Waals surface area contributed by atoms with Crippen LogP contribution in [-0.2, 0) is 4.74 Å². The molecule has 16 heavy (non-hydrogen) atoms. The van der Waals surface area contributed by atoms with E-state index in [0.29, 0.717) is 6.04 Å². The Labute approximate surface area is 100 Å². The molecule has 0 saturated heterocycles. The van der Waals surface area contributed by atoms with E-state index in [9.17, 15) is 0 Å². The maximum absolute atomic E-state index is 5.26. The Kier molecular flexibility index (Phi) is 4.66. The molecule has 0 aliphatic heterocycles. The summed E-state index contributed by atoms with van der Waals surface area (Å²) in [5, 5.41) is 3.79. The molecule has 0 heterocycles. The SMILES string of the molecule is CCC(COC)NC1CCCC(C2CC2)C1. The highest BCUT2D eigenvalue weighted by Gasteiger charge is 2.34. The highest BCUT2D eigenvalue weighted by Crippen LogP contribution is 2.43. The molecular weight excluding hydrogens is 198 g/mol. The fraction of sp³-hybridized carbons (Fsp3) is 1.00. The van der Waals surface area contributed by atoms with Gasteiger partial charge in [-0.15, -0.1) is 0 Å². The van der Waals surface area contributed by atoms with Gasteiger partial charge in [0.1, 0.15) is 0 Å². The zero-order valence-electron chi connectivity index (χ0n) is 10.9. The van der Waals surface area contributed by atoms with Gasteiger partial charge in [0.25, 0.3) is 0 Å². The molecule has 2 aliphatic rings. The number of methoxy groups -OCH3 is 1. The van der Waals surface area contributed by atoms with E-state index in [1.165, 1.54) is 44.9 Å². The van der Waals surface area contributed by atoms with Gasteiger partial charge in [0.05, 0.1) is 6.61 Å². The molecular formula is C14H27NO. The summed E-state index contributed by atoms with van der Waals surface area (Å²) < 4.78 is 5.26. The third kappa shape index (κ3) is 3.46. The van der Waals surface area contributed by atoms with Crippen molar-refractivity contribution in [2.45, 2.75) is 64.0 Å². The van der Waals surface area contributed by atoms with Gasteiger partial charge in [0.15, 0.2) is 0 Å². The van der Waals surface area contributed by atoms with Gasteiger partial charge in [0, 0.05) is 19.2 Å². The van der Waals surface area contributed by atoms with Crippen LogP contribution in [0.4, 0.5) is 0 Å². The molecule has 3 atom stereocenters. The second-order valence-electron chi connectivity index (χ2n) is 5.69. The summed E-state index contributed by atoms with van der Waals surface area (Å²) in [4.78, 5) is 0. The van der Waals surface area contributed by atoms with E-state index >= 15 is 0 Å². The van der Waals surface area contributed by atoms with E-state index in [-0.39, 0.29) is 0 Å². The summed E-state index contributed by atoms with van der Waals surface area (Å²) in [7, 11) is 1.80. The van der Waals surface area contributed by atoms with E-state index < -0.39 is 0 Å². The van der Waals surface area contributed by atoms with E-state index in [4.69, 9.17) is 4.74 Å². The van der Waals surface area contributed by atoms with Crippen LogP contribution in [0.25, 0.3) is 0 Å². The third-order valence-electron chi connectivity index (χ3n) is 4.34. The Bertz CT molecular complexity index is 203. The minimum absolute atomic E-state index is 0.563. The first-order chi connectivity index (χ1) is 7.83. The minimum Gasteiger partial charge on any atom is -0.383 e. The lowest BCUT2D eigenvalue weighted by Crippen LogP contribution is -2.43. The molecule has 2 nitrogen and oxygen atoms in total. The largest absolute Gasteiger partial charge is 0.383 e. The highest BCUT2D eigenvalue weighted by molar-refractivity contribution is 4.88. The summed E-state index contributed by atoms with van der Waals surface area (Å²) in [5.74, 6) is 2.12. The van der Waals surface area contributed by atoms with Crippen molar-refractivity contribution in [3.05, 3.63) is 0 Å². The first kappa shape index (κ1) is 12.4. The number of hydrogen-bond acceptors (Lipinski definition) is 2. The fourth-order valence-corrected chi connectivity index (χ4v) is 3.19. The lowest BCUT2D eigenvalue weighted by molar-refractivity contribution is 0.146. The van der Waals surface area contributed by atoms with E-state index in [1.807, 2.05) is 0 Å². The molecule has 2 fully saturated rings. The fourth-order valence-electron chi connectivity index (χ4n) is 3.19. The number of rotatable bonds is 6. The van der Waals surface area contributed by atoms with Gasteiger partial charge >= 0.3 is 0 Å². The predicted molar refractivity (Wildman–Crippen MR) is 67.6 cm³/mol. The summed E-state index contributed by atoms with van der Waals surface area (Å²) >= 11 is 0. The molecule has 2 saturated carbocycles. The average molecular weight is 225 g/mol. The maximum atomic E-state index is 5.26. The first-order valence-corrected chi connectivity index (χ1v) is 7.08. The smallest absolute Gasteiger partial charge is 0.0615 e. The van der Waals surface area contributed by atoms with Crippen LogP contribution in [0.3, 0.4) is 0 Å². The van der Waals surface area contributed by atoms with Crippen LogP contribution in [-0.4, -0.2) is 25.8 Å². The summed E-state index contributed by atoms with van der Waals surface area (Å²) in [6, 6.07) is 1.33. The van der Waals surface area contributed by atoms with Gasteiger partial charge in [-0.25, -0.2) is 0 Å². The molecule has 0 bridgehead atoms. The Morgan fingerprint density at radius 2 is 2.00 bits per heavy atom. The summed E-state index contributed by atoms with van der Waals surface area (Å²) in [6.07, 6.45) is 9.91. The Morgan fingerprint density at radius 3 is 2.62 bits per heavy atom. The first-order valence-electron chi connectivity index (χ1n) is 7.08. The number of nitrogens with one attached hydrogen (secondary N) is 1. The molecule has 0 spiro atoms. The molecule has 2 rings (SSSR count). The van der Waals surface area contributed by atoms with E-state index in [2.05, 4.69) is 12.2 Å². The van der Waals surface area contributed by atoms with Gasteiger partial charge in [-0.05, 0) is 43.9 Å². The molecule has 0 radical (unpaired) electrons. The Balaban J connectivity index is 1.74. The molecule has 0 amide bonds. The van der Waals surface area contributed by atoms with Crippen LogP contribution in [0.1, 0.15) is 51.9 Å². The van der Waals surface area contributed by atoms with Crippen LogP contribution in [0.15, 0.2) is 0 Å². The number of ether oxygens (including phenoxy) is 1. The second-order valence-corrected chi connectivity index (χ2v) is 5.69. The molecule has 1 N–H and O–H groups in total. The Morgan fingerprint density at radius 1 is 1.19 bits per heavy atom. The van der Waals surface area contributed by atoms with E-state index in [1.54, 1.807) is 7.11 Å². The van der Waals surface area contributed by atoms with E-state index in [0.717, 1.165) is 24.5 Å². The van der Waals surface area contributed by atoms with Crippen LogP contribution in [0, 0.1) is 11.8 Å². The summed E-state index contributed by atoms with van der Waals surface area (Å²) in [5.41, 5.74) is 0. The topological polar surface area (TPSA) is 21.3 Å². The zero-order chi connectivity index (χ0) is 11.4. The zero-order valence-corrected chi connectivity index (χ0v) is 10.9. The van der Waals surface area contributed by atoms with Crippen molar-refractivity contribution in [2.75, 3.05) is 13.7 Å². The van der Waals surface area contributed by atoms with Crippen LogP contribution in [0.5, 0.6) is 0 Å². The predicted octanol–water partition coefficient (Wildman–Crippen LogP) is 2.97. The third-order valence-corrected chi connectivity index (χ3v) is 4.34.